The molecule has 3 aromatic rings. The van der Waals surface area contributed by atoms with Gasteiger partial charge in [-0.1, -0.05) is 23.8 Å². The highest BCUT2D eigenvalue weighted by molar-refractivity contribution is 7.92. The normalized spacial score (nSPS) is 11.2. The number of carbonyl (C=O) groups excluding carboxylic acids is 1. The first-order valence-corrected chi connectivity index (χ1v) is 10.8. The summed E-state index contributed by atoms with van der Waals surface area (Å²) >= 11 is 0. The Labute approximate surface area is 176 Å². The van der Waals surface area contributed by atoms with Crippen LogP contribution in [0.1, 0.15) is 16.7 Å². The SMILES string of the molecule is Cc1ccc(S(=O)(=O)N(CC(=O)Nc2ccc(F)cc2)c2ccc(C)c(C)c2)cc1. The molecule has 30 heavy (non-hydrogen) atoms. The van der Waals surface area contributed by atoms with E-state index in [4.69, 9.17) is 0 Å². The van der Waals surface area contributed by atoms with Gasteiger partial charge >= 0.3 is 0 Å². The minimum atomic E-state index is -3.98. The molecule has 7 heteroatoms. The molecule has 0 bridgehead atoms. The van der Waals surface area contributed by atoms with Gasteiger partial charge in [-0.2, -0.15) is 0 Å². The largest absolute Gasteiger partial charge is 0.325 e. The Morgan fingerprint density at radius 1 is 0.900 bits per heavy atom. The monoisotopic (exact) mass is 426 g/mol. The first-order chi connectivity index (χ1) is 14.2. The summed E-state index contributed by atoms with van der Waals surface area (Å²) in [5, 5.41) is 2.62. The second-order valence-electron chi connectivity index (χ2n) is 7.15. The zero-order valence-electron chi connectivity index (χ0n) is 17.0. The number of aryl methyl sites for hydroxylation is 3. The number of amides is 1. The van der Waals surface area contributed by atoms with Gasteiger partial charge in [-0.05, 0) is 80.4 Å². The molecule has 0 saturated carbocycles. The third-order valence-corrected chi connectivity index (χ3v) is 6.59. The number of carbonyl (C=O) groups is 1. The maximum absolute atomic E-state index is 13.4. The lowest BCUT2D eigenvalue weighted by molar-refractivity contribution is -0.114. The van der Waals surface area contributed by atoms with Crippen molar-refractivity contribution < 1.29 is 17.6 Å². The summed E-state index contributed by atoms with van der Waals surface area (Å²) in [7, 11) is -3.98. The van der Waals surface area contributed by atoms with Crippen molar-refractivity contribution in [3.63, 3.8) is 0 Å². The van der Waals surface area contributed by atoms with Crippen LogP contribution in [0.25, 0.3) is 0 Å². The summed E-state index contributed by atoms with van der Waals surface area (Å²) in [5.74, 6) is -0.956. The van der Waals surface area contributed by atoms with Crippen molar-refractivity contribution in [3.8, 4) is 0 Å². The molecule has 0 aliphatic heterocycles. The standard InChI is InChI=1S/C23H23FN2O3S/c1-16-4-12-22(13-5-16)30(28,29)26(21-11-6-17(2)18(3)14-21)15-23(27)25-20-9-7-19(24)8-10-20/h4-14H,15H2,1-3H3,(H,25,27). The lowest BCUT2D eigenvalue weighted by Gasteiger charge is -2.25. The summed E-state index contributed by atoms with van der Waals surface area (Å²) in [4.78, 5) is 12.8. The first-order valence-electron chi connectivity index (χ1n) is 9.39. The molecule has 0 unspecified atom stereocenters. The average Bonchev–Trinajstić information content (AvgIpc) is 2.70. The number of sulfonamides is 1. The zero-order chi connectivity index (χ0) is 21.9. The van der Waals surface area contributed by atoms with E-state index in [2.05, 4.69) is 5.32 Å². The van der Waals surface area contributed by atoms with Crippen molar-refractivity contribution in [3.05, 3.63) is 89.2 Å². The Kier molecular flexibility index (Phi) is 6.22. The van der Waals surface area contributed by atoms with Gasteiger partial charge < -0.3 is 5.32 Å². The van der Waals surface area contributed by atoms with Crippen molar-refractivity contribution in [2.45, 2.75) is 25.7 Å². The number of halogens is 1. The minimum absolute atomic E-state index is 0.0981. The quantitative estimate of drug-likeness (QED) is 0.627. The maximum Gasteiger partial charge on any atom is 0.264 e. The zero-order valence-corrected chi connectivity index (χ0v) is 17.8. The van der Waals surface area contributed by atoms with Crippen molar-refractivity contribution >= 4 is 27.3 Å². The van der Waals surface area contributed by atoms with E-state index in [1.165, 1.54) is 36.4 Å². The van der Waals surface area contributed by atoms with Crippen molar-refractivity contribution in [1.29, 1.82) is 0 Å². The summed E-state index contributed by atoms with van der Waals surface area (Å²) in [6.45, 7) is 5.26. The Morgan fingerprint density at radius 2 is 1.53 bits per heavy atom. The van der Waals surface area contributed by atoms with Gasteiger partial charge in [0.25, 0.3) is 10.0 Å². The van der Waals surface area contributed by atoms with Crippen molar-refractivity contribution in [2.24, 2.45) is 0 Å². The highest BCUT2D eigenvalue weighted by atomic mass is 32.2. The minimum Gasteiger partial charge on any atom is -0.325 e. The molecule has 0 radical (unpaired) electrons. The van der Waals surface area contributed by atoms with Gasteiger partial charge in [0.2, 0.25) is 5.91 Å². The number of nitrogens with zero attached hydrogens (tertiary/aromatic N) is 1. The molecule has 1 amide bonds. The summed E-state index contributed by atoms with van der Waals surface area (Å²) in [6.07, 6.45) is 0. The first kappa shape index (κ1) is 21.5. The molecule has 0 fully saturated rings. The molecule has 1 N–H and O–H groups in total. The fraction of sp³-hybridized carbons (Fsp3) is 0.174. The molecule has 0 aromatic heterocycles. The van der Waals surface area contributed by atoms with Gasteiger partial charge in [0, 0.05) is 5.69 Å². The molecule has 0 aliphatic rings. The molecule has 3 rings (SSSR count). The predicted molar refractivity (Wildman–Crippen MR) is 117 cm³/mol. The number of anilines is 2. The van der Waals surface area contributed by atoms with Gasteiger partial charge in [0.05, 0.1) is 10.6 Å². The molecular formula is C23H23FN2O3S. The number of hydrogen-bond donors (Lipinski definition) is 1. The fourth-order valence-electron chi connectivity index (χ4n) is 2.90. The molecule has 0 atom stereocenters. The molecule has 0 saturated heterocycles. The van der Waals surface area contributed by atoms with Crippen LogP contribution in [-0.2, 0) is 14.8 Å². The smallest absolute Gasteiger partial charge is 0.264 e. The van der Waals surface area contributed by atoms with Crippen molar-refractivity contribution in [1.82, 2.24) is 0 Å². The van der Waals surface area contributed by atoms with E-state index < -0.39 is 28.3 Å². The molecule has 0 aliphatic carbocycles. The van der Waals surface area contributed by atoms with E-state index in [1.807, 2.05) is 26.8 Å². The van der Waals surface area contributed by atoms with Crippen LogP contribution >= 0.6 is 0 Å². The van der Waals surface area contributed by atoms with Crippen LogP contribution in [0.5, 0.6) is 0 Å². The van der Waals surface area contributed by atoms with Crippen LogP contribution in [0.4, 0.5) is 15.8 Å². The van der Waals surface area contributed by atoms with Gasteiger partial charge in [-0.3, -0.25) is 9.10 Å². The van der Waals surface area contributed by atoms with Crippen LogP contribution in [0, 0.1) is 26.6 Å². The lowest BCUT2D eigenvalue weighted by atomic mass is 10.1. The predicted octanol–water partition coefficient (Wildman–Crippen LogP) is 4.58. The van der Waals surface area contributed by atoms with Crippen LogP contribution in [0.15, 0.2) is 71.6 Å². The topological polar surface area (TPSA) is 66.5 Å². The molecule has 3 aromatic carbocycles. The molecular weight excluding hydrogens is 403 g/mol. The lowest BCUT2D eigenvalue weighted by Crippen LogP contribution is -2.38. The highest BCUT2D eigenvalue weighted by Crippen LogP contribution is 2.26. The number of benzene rings is 3. The Bertz CT molecular complexity index is 1160. The highest BCUT2D eigenvalue weighted by Gasteiger charge is 2.27. The van der Waals surface area contributed by atoms with Crippen LogP contribution in [0.3, 0.4) is 0 Å². The van der Waals surface area contributed by atoms with Gasteiger partial charge in [0.1, 0.15) is 12.4 Å². The molecule has 0 spiro atoms. The number of hydrogen-bond acceptors (Lipinski definition) is 3. The third-order valence-electron chi connectivity index (χ3n) is 4.80. The van der Waals surface area contributed by atoms with Crippen molar-refractivity contribution in [2.75, 3.05) is 16.2 Å². The average molecular weight is 427 g/mol. The van der Waals surface area contributed by atoms with Crippen LogP contribution in [-0.4, -0.2) is 20.9 Å². The van der Waals surface area contributed by atoms with E-state index in [0.717, 1.165) is 21.0 Å². The van der Waals surface area contributed by atoms with E-state index in [1.54, 1.807) is 24.3 Å². The van der Waals surface area contributed by atoms with E-state index in [-0.39, 0.29) is 4.90 Å². The Hall–Kier alpha value is -3.19. The van der Waals surface area contributed by atoms with Crippen LogP contribution < -0.4 is 9.62 Å². The number of rotatable bonds is 6. The van der Waals surface area contributed by atoms with Crippen LogP contribution in [0.2, 0.25) is 0 Å². The van der Waals surface area contributed by atoms with E-state index >= 15 is 0 Å². The molecule has 0 heterocycles. The van der Waals surface area contributed by atoms with E-state index in [9.17, 15) is 17.6 Å². The van der Waals surface area contributed by atoms with Gasteiger partial charge in [-0.25, -0.2) is 12.8 Å². The second-order valence-corrected chi connectivity index (χ2v) is 9.01. The molecule has 5 nitrogen and oxygen atoms in total. The molecule has 156 valence electrons. The fourth-order valence-corrected chi connectivity index (χ4v) is 4.31. The Morgan fingerprint density at radius 3 is 2.13 bits per heavy atom. The summed E-state index contributed by atoms with van der Waals surface area (Å²) in [5.41, 5.74) is 3.64. The Balaban J connectivity index is 1.96. The number of nitrogens with one attached hydrogen (secondary N) is 1. The van der Waals surface area contributed by atoms with E-state index in [0.29, 0.717) is 11.4 Å². The van der Waals surface area contributed by atoms with Gasteiger partial charge in [0.15, 0.2) is 0 Å². The second kappa shape index (κ2) is 8.67. The van der Waals surface area contributed by atoms with Gasteiger partial charge in [-0.15, -0.1) is 0 Å². The summed E-state index contributed by atoms with van der Waals surface area (Å²) < 4.78 is 40.9. The summed E-state index contributed by atoms with van der Waals surface area (Å²) in [6, 6.07) is 17.0. The maximum atomic E-state index is 13.4. The third kappa shape index (κ3) is 4.86.